The maximum atomic E-state index is 12.0. The summed E-state index contributed by atoms with van der Waals surface area (Å²) in [5, 5.41) is 7.46. The first kappa shape index (κ1) is 12.0. The topological polar surface area (TPSA) is 50.2 Å². The highest BCUT2D eigenvalue weighted by Crippen LogP contribution is 2.31. The Labute approximate surface area is 111 Å². The molecule has 4 atom stereocenters. The summed E-state index contributed by atoms with van der Waals surface area (Å²) in [4.78, 5) is 14.4. The van der Waals surface area contributed by atoms with E-state index in [0.29, 0.717) is 17.0 Å². The van der Waals surface area contributed by atoms with Gasteiger partial charge in [-0.3, -0.25) is 4.90 Å². The van der Waals surface area contributed by atoms with Gasteiger partial charge in [-0.05, 0) is 32.2 Å². The molecule has 3 unspecified atom stereocenters. The van der Waals surface area contributed by atoms with Crippen LogP contribution in [0.5, 0.6) is 0 Å². The van der Waals surface area contributed by atoms with Gasteiger partial charge in [0.1, 0.15) is 0 Å². The summed E-state index contributed by atoms with van der Waals surface area (Å²) in [7, 11) is 0. The molecule has 98 valence electrons. The SMILES string of the molecule is CC1CC2CCN1C[C@@H]2NC(=O)n1cc(Cl)cn1. The van der Waals surface area contributed by atoms with Gasteiger partial charge in [0.2, 0.25) is 0 Å². The standard InChI is InChI=1S/C12H17ClN4O/c1-8-4-9-2-3-16(8)7-11(9)15-12(18)17-6-10(13)5-14-17/h5-6,8-9,11H,2-4,7H2,1H3,(H,15,18)/t8?,9?,11-/m0/s1. The molecular formula is C12H17ClN4O. The number of hydrogen-bond acceptors (Lipinski definition) is 3. The Morgan fingerprint density at radius 3 is 3.00 bits per heavy atom. The number of hydrogen-bond donors (Lipinski definition) is 1. The molecular weight excluding hydrogens is 252 g/mol. The van der Waals surface area contributed by atoms with Crippen molar-refractivity contribution < 1.29 is 4.79 Å². The number of amides is 1. The molecule has 3 saturated heterocycles. The van der Waals surface area contributed by atoms with Crippen LogP contribution in [0.25, 0.3) is 0 Å². The van der Waals surface area contributed by atoms with E-state index in [1.165, 1.54) is 29.9 Å². The van der Waals surface area contributed by atoms with E-state index in [1.54, 1.807) is 0 Å². The van der Waals surface area contributed by atoms with Crippen molar-refractivity contribution in [3.05, 3.63) is 17.4 Å². The van der Waals surface area contributed by atoms with E-state index >= 15 is 0 Å². The number of nitrogens with one attached hydrogen (secondary N) is 1. The van der Waals surface area contributed by atoms with Gasteiger partial charge >= 0.3 is 6.03 Å². The number of halogens is 1. The van der Waals surface area contributed by atoms with Gasteiger partial charge in [-0.15, -0.1) is 0 Å². The van der Waals surface area contributed by atoms with Gasteiger partial charge in [0.05, 0.1) is 17.4 Å². The highest BCUT2D eigenvalue weighted by atomic mass is 35.5. The molecule has 0 radical (unpaired) electrons. The van der Waals surface area contributed by atoms with Gasteiger partial charge in [0.15, 0.2) is 0 Å². The molecule has 0 spiro atoms. The van der Waals surface area contributed by atoms with Gasteiger partial charge < -0.3 is 5.32 Å². The fourth-order valence-corrected chi connectivity index (χ4v) is 3.23. The third-order valence-corrected chi connectivity index (χ3v) is 4.32. The summed E-state index contributed by atoms with van der Waals surface area (Å²) >= 11 is 5.76. The molecule has 6 heteroatoms. The van der Waals surface area contributed by atoms with Gasteiger partial charge in [-0.25, -0.2) is 4.79 Å². The van der Waals surface area contributed by atoms with Crippen molar-refractivity contribution in [1.29, 1.82) is 0 Å². The molecule has 5 nitrogen and oxygen atoms in total. The Bertz CT molecular complexity index is 461. The minimum atomic E-state index is -0.187. The van der Waals surface area contributed by atoms with Crippen LogP contribution >= 0.6 is 11.6 Å². The van der Waals surface area contributed by atoms with E-state index in [-0.39, 0.29) is 12.1 Å². The van der Waals surface area contributed by atoms with E-state index in [9.17, 15) is 4.79 Å². The predicted molar refractivity (Wildman–Crippen MR) is 68.7 cm³/mol. The molecule has 0 aliphatic carbocycles. The molecule has 3 aliphatic rings. The van der Waals surface area contributed by atoms with Crippen LogP contribution in [-0.2, 0) is 0 Å². The number of carbonyl (C=O) groups is 1. The first-order valence-electron chi connectivity index (χ1n) is 6.38. The maximum absolute atomic E-state index is 12.0. The quantitative estimate of drug-likeness (QED) is 0.841. The first-order valence-corrected chi connectivity index (χ1v) is 6.76. The fraction of sp³-hybridized carbons (Fsp3) is 0.667. The number of fused-ring (bicyclic) bond motifs is 3. The predicted octanol–water partition coefficient (Wildman–Crippen LogP) is 1.58. The average molecular weight is 269 g/mol. The van der Waals surface area contributed by atoms with Crippen LogP contribution in [0.2, 0.25) is 5.02 Å². The third kappa shape index (κ3) is 2.12. The maximum Gasteiger partial charge on any atom is 0.342 e. The van der Waals surface area contributed by atoms with Crippen molar-refractivity contribution in [3.63, 3.8) is 0 Å². The highest BCUT2D eigenvalue weighted by molar-refractivity contribution is 6.30. The lowest BCUT2D eigenvalue weighted by Crippen LogP contribution is -2.60. The molecule has 1 N–H and O–H groups in total. The van der Waals surface area contributed by atoms with E-state index in [1.807, 2.05) is 0 Å². The van der Waals surface area contributed by atoms with Gasteiger partial charge in [-0.1, -0.05) is 11.6 Å². The van der Waals surface area contributed by atoms with Crippen molar-refractivity contribution in [2.24, 2.45) is 5.92 Å². The van der Waals surface area contributed by atoms with Gasteiger partial charge in [0.25, 0.3) is 0 Å². The van der Waals surface area contributed by atoms with Crippen molar-refractivity contribution in [2.75, 3.05) is 13.1 Å². The molecule has 0 aromatic carbocycles. The zero-order valence-corrected chi connectivity index (χ0v) is 11.1. The Morgan fingerprint density at radius 1 is 1.61 bits per heavy atom. The normalized spacial score (nSPS) is 34.6. The molecule has 1 amide bonds. The number of carbonyl (C=O) groups excluding carboxylic acids is 1. The van der Waals surface area contributed by atoms with Crippen LogP contribution in [0.4, 0.5) is 4.79 Å². The zero-order valence-electron chi connectivity index (χ0n) is 10.3. The highest BCUT2D eigenvalue weighted by Gasteiger charge is 2.38. The molecule has 18 heavy (non-hydrogen) atoms. The molecule has 3 aliphatic heterocycles. The number of piperidine rings is 3. The Morgan fingerprint density at radius 2 is 2.44 bits per heavy atom. The van der Waals surface area contributed by atoms with Crippen LogP contribution in [-0.4, -0.2) is 45.9 Å². The van der Waals surface area contributed by atoms with E-state index in [0.717, 1.165) is 13.1 Å². The van der Waals surface area contributed by atoms with Crippen LogP contribution in [0, 0.1) is 5.92 Å². The third-order valence-electron chi connectivity index (χ3n) is 4.12. The number of nitrogens with zero attached hydrogens (tertiary/aromatic N) is 3. The molecule has 3 fully saturated rings. The summed E-state index contributed by atoms with van der Waals surface area (Å²) < 4.78 is 1.27. The lowest BCUT2D eigenvalue weighted by molar-refractivity contribution is 0.0321. The lowest BCUT2D eigenvalue weighted by atomic mass is 9.80. The molecule has 2 bridgehead atoms. The molecule has 4 rings (SSSR count). The zero-order chi connectivity index (χ0) is 12.7. The second-order valence-electron chi connectivity index (χ2n) is 5.29. The molecule has 1 aromatic heterocycles. The second-order valence-corrected chi connectivity index (χ2v) is 5.72. The van der Waals surface area contributed by atoms with E-state index in [4.69, 9.17) is 11.6 Å². The van der Waals surface area contributed by atoms with E-state index in [2.05, 4.69) is 22.2 Å². The van der Waals surface area contributed by atoms with Gasteiger partial charge in [0, 0.05) is 18.6 Å². The monoisotopic (exact) mass is 268 g/mol. The Kier molecular flexibility index (Phi) is 3.03. The summed E-state index contributed by atoms with van der Waals surface area (Å²) in [5.41, 5.74) is 0. The summed E-state index contributed by atoms with van der Waals surface area (Å²) in [6.45, 7) is 4.37. The minimum Gasteiger partial charge on any atom is -0.332 e. The summed E-state index contributed by atoms with van der Waals surface area (Å²) in [6.07, 6.45) is 5.35. The van der Waals surface area contributed by atoms with Gasteiger partial charge in [-0.2, -0.15) is 9.78 Å². The van der Waals surface area contributed by atoms with Crippen LogP contribution in [0.3, 0.4) is 0 Å². The molecule has 0 saturated carbocycles. The largest absolute Gasteiger partial charge is 0.342 e. The van der Waals surface area contributed by atoms with Crippen LogP contribution in [0.1, 0.15) is 19.8 Å². The number of rotatable bonds is 1. The molecule has 4 heterocycles. The van der Waals surface area contributed by atoms with Crippen LogP contribution < -0.4 is 5.32 Å². The number of aromatic nitrogens is 2. The first-order chi connectivity index (χ1) is 8.63. The fourth-order valence-electron chi connectivity index (χ4n) is 3.10. The van der Waals surface area contributed by atoms with E-state index < -0.39 is 0 Å². The van der Waals surface area contributed by atoms with Crippen molar-refractivity contribution >= 4 is 17.6 Å². The molecule has 1 aromatic rings. The Balaban J connectivity index is 1.65. The van der Waals surface area contributed by atoms with Crippen LogP contribution in [0.15, 0.2) is 12.4 Å². The average Bonchev–Trinajstić information content (AvgIpc) is 2.77. The summed E-state index contributed by atoms with van der Waals surface area (Å²) in [5.74, 6) is 0.597. The lowest BCUT2D eigenvalue weighted by Gasteiger charge is -2.48. The van der Waals surface area contributed by atoms with Crippen molar-refractivity contribution in [2.45, 2.75) is 31.8 Å². The second kappa shape index (κ2) is 4.55. The minimum absolute atomic E-state index is 0.187. The summed E-state index contributed by atoms with van der Waals surface area (Å²) in [6, 6.07) is 0.703. The smallest absolute Gasteiger partial charge is 0.332 e. The van der Waals surface area contributed by atoms with Crippen molar-refractivity contribution in [1.82, 2.24) is 20.0 Å². The van der Waals surface area contributed by atoms with Crippen molar-refractivity contribution in [3.8, 4) is 0 Å². The Hall–Kier alpha value is -1.07.